The molecule has 1 fully saturated rings. The second-order valence-corrected chi connectivity index (χ2v) is 5.16. The summed E-state index contributed by atoms with van der Waals surface area (Å²) in [7, 11) is 0. The van der Waals surface area contributed by atoms with E-state index < -0.39 is 16.9 Å². The van der Waals surface area contributed by atoms with Crippen LogP contribution in [0.25, 0.3) is 0 Å². The molecule has 2 atom stereocenters. The van der Waals surface area contributed by atoms with Crippen LogP contribution in [-0.2, 0) is 0 Å². The van der Waals surface area contributed by atoms with Crippen molar-refractivity contribution in [2.24, 2.45) is 0 Å². The second-order valence-electron chi connectivity index (χ2n) is 5.16. The predicted molar refractivity (Wildman–Crippen MR) is 73.6 cm³/mol. The number of nitro groups is 1. The number of carbonyl (C=O) groups excluding carboxylic acids is 1. The zero-order chi connectivity index (χ0) is 14.7. The van der Waals surface area contributed by atoms with Crippen molar-refractivity contribution in [3.63, 3.8) is 0 Å². The third kappa shape index (κ3) is 2.96. The van der Waals surface area contributed by atoms with Crippen molar-refractivity contribution >= 4 is 11.6 Å². The monoisotopic (exact) mass is 278 g/mol. The van der Waals surface area contributed by atoms with Crippen LogP contribution in [0.1, 0.15) is 41.6 Å². The molecular weight excluding hydrogens is 260 g/mol. The molecule has 1 aromatic carbocycles. The van der Waals surface area contributed by atoms with Gasteiger partial charge >= 0.3 is 0 Å². The predicted octanol–water partition coefficient (Wildman–Crippen LogP) is 1.94. The third-order valence-electron chi connectivity index (χ3n) is 3.72. The van der Waals surface area contributed by atoms with E-state index in [9.17, 15) is 20.0 Å². The molecule has 1 aromatic rings. The normalized spacial score (nSPS) is 22.3. The van der Waals surface area contributed by atoms with Gasteiger partial charge in [0, 0.05) is 6.07 Å². The van der Waals surface area contributed by atoms with Crippen LogP contribution in [0.5, 0.6) is 0 Å². The van der Waals surface area contributed by atoms with Gasteiger partial charge in [0.05, 0.1) is 17.1 Å². The third-order valence-corrected chi connectivity index (χ3v) is 3.72. The Labute approximate surface area is 117 Å². The average molecular weight is 278 g/mol. The Bertz CT molecular complexity index is 530. The molecule has 0 bridgehead atoms. The van der Waals surface area contributed by atoms with Crippen LogP contribution in [-0.4, -0.2) is 28.1 Å². The van der Waals surface area contributed by atoms with Crippen molar-refractivity contribution in [3.8, 4) is 0 Å². The molecule has 0 heterocycles. The minimum atomic E-state index is -0.573. The summed E-state index contributed by atoms with van der Waals surface area (Å²) in [5, 5.41) is 23.6. The lowest BCUT2D eigenvalue weighted by Gasteiger charge is -2.28. The van der Waals surface area contributed by atoms with Crippen LogP contribution in [0.15, 0.2) is 18.2 Å². The molecule has 0 aliphatic heterocycles. The first-order chi connectivity index (χ1) is 9.50. The molecule has 1 aliphatic rings. The summed E-state index contributed by atoms with van der Waals surface area (Å²) < 4.78 is 0. The summed E-state index contributed by atoms with van der Waals surface area (Å²) in [6.45, 7) is 1.67. The molecule has 0 aromatic heterocycles. The van der Waals surface area contributed by atoms with E-state index in [1.807, 2.05) is 0 Å². The van der Waals surface area contributed by atoms with Crippen molar-refractivity contribution in [2.45, 2.75) is 44.8 Å². The molecule has 2 N–H and O–H groups in total. The van der Waals surface area contributed by atoms with Gasteiger partial charge in [-0.3, -0.25) is 14.9 Å². The quantitative estimate of drug-likeness (QED) is 0.652. The Morgan fingerprint density at radius 3 is 2.75 bits per heavy atom. The summed E-state index contributed by atoms with van der Waals surface area (Å²) in [4.78, 5) is 22.7. The van der Waals surface area contributed by atoms with Crippen LogP contribution >= 0.6 is 0 Å². The fraction of sp³-hybridized carbons (Fsp3) is 0.500. The SMILES string of the molecule is Cc1cccc([N+](=O)[O-])c1C(=O)NC1CCCCC1O. The van der Waals surface area contributed by atoms with Crippen LogP contribution in [0.4, 0.5) is 5.69 Å². The van der Waals surface area contributed by atoms with Gasteiger partial charge in [0.2, 0.25) is 0 Å². The Morgan fingerprint density at radius 1 is 1.40 bits per heavy atom. The fourth-order valence-corrected chi connectivity index (χ4v) is 2.62. The fourth-order valence-electron chi connectivity index (χ4n) is 2.62. The van der Waals surface area contributed by atoms with Crippen molar-refractivity contribution in [3.05, 3.63) is 39.4 Å². The molecule has 1 saturated carbocycles. The first-order valence-electron chi connectivity index (χ1n) is 6.73. The van der Waals surface area contributed by atoms with Crippen LogP contribution in [0.3, 0.4) is 0 Å². The number of nitrogens with one attached hydrogen (secondary N) is 1. The van der Waals surface area contributed by atoms with Gasteiger partial charge in [0.25, 0.3) is 11.6 Å². The number of aryl methyl sites for hydroxylation is 1. The van der Waals surface area contributed by atoms with E-state index >= 15 is 0 Å². The smallest absolute Gasteiger partial charge is 0.282 e. The summed E-state index contributed by atoms with van der Waals surface area (Å²) in [5.41, 5.74) is 0.435. The number of nitro benzene ring substituents is 1. The standard InChI is InChI=1S/C14H18N2O4/c1-9-5-4-7-11(16(19)20)13(9)14(18)15-10-6-2-3-8-12(10)17/h4-5,7,10,12,17H,2-3,6,8H2,1H3,(H,15,18). The molecule has 2 rings (SSSR count). The lowest BCUT2D eigenvalue weighted by molar-refractivity contribution is -0.385. The minimum Gasteiger partial charge on any atom is -0.391 e. The van der Waals surface area contributed by atoms with Crippen LogP contribution in [0, 0.1) is 17.0 Å². The number of benzene rings is 1. The molecule has 0 radical (unpaired) electrons. The van der Waals surface area contributed by atoms with Gasteiger partial charge in [-0.25, -0.2) is 0 Å². The van der Waals surface area contributed by atoms with Gasteiger partial charge < -0.3 is 10.4 Å². The number of amides is 1. The van der Waals surface area contributed by atoms with Gasteiger partial charge in [-0.2, -0.15) is 0 Å². The number of hydrogen-bond donors (Lipinski definition) is 2. The number of hydrogen-bond acceptors (Lipinski definition) is 4. The lowest BCUT2D eigenvalue weighted by atomic mass is 9.92. The number of rotatable bonds is 3. The maximum absolute atomic E-state index is 12.3. The highest BCUT2D eigenvalue weighted by atomic mass is 16.6. The van der Waals surface area contributed by atoms with Gasteiger partial charge in [-0.05, 0) is 25.3 Å². The van der Waals surface area contributed by atoms with Crippen LogP contribution in [0.2, 0.25) is 0 Å². The van der Waals surface area contributed by atoms with Gasteiger partial charge in [-0.1, -0.05) is 25.0 Å². The van der Waals surface area contributed by atoms with Crippen molar-refractivity contribution in [2.75, 3.05) is 0 Å². The Kier molecular flexibility index (Phi) is 4.34. The minimum absolute atomic E-state index is 0.0790. The van der Waals surface area contributed by atoms with E-state index in [0.29, 0.717) is 18.4 Å². The zero-order valence-electron chi connectivity index (χ0n) is 11.3. The van der Waals surface area contributed by atoms with E-state index in [0.717, 1.165) is 12.8 Å². The van der Waals surface area contributed by atoms with E-state index in [1.54, 1.807) is 19.1 Å². The van der Waals surface area contributed by atoms with Crippen LogP contribution < -0.4 is 5.32 Å². The average Bonchev–Trinajstić information content (AvgIpc) is 2.40. The van der Waals surface area contributed by atoms with E-state index in [2.05, 4.69) is 5.32 Å². The highest BCUT2D eigenvalue weighted by Crippen LogP contribution is 2.23. The summed E-state index contributed by atoms with van der Waals surface area (Å²) >= 11 is 0. The van der Waals surface area contributed by atoms with Crippen molar-refractivity contribution < 1.29 is 14.8 Å². The van der Waals surface area contributed by atoms with Gasteiger partial charge in [-0.15, -0.1) is 0 Å². The van der Waals surface area contributed by atoms with E-state index in [1.165, 1.54) is 6.07 Å². The van der Waals surface area contributed by atoms with Gasteiger partial charge in [0.15, 0.2) is 0 Å². The van der Waals surface area contributed by atoms with E-state index in [4.69, 9.17) is 0 Å². The topological polar surface area (TPSA) is 92.5 Å². The van der Waals surface area contributed by atoms with Gasteiger partial charge in [0.1, 0.15) is 5.56 Å². The van der Waals surface area contributed by atoms with E-state index in [-0.39, 0.29) is 17.3 Å². The van der Waals surface area contributed by atoms with Crippen molar-refractivity contribution in [1.29, 1.82) is 0 Å². The summed E-state index contributed by atoms with van der Waals surface area (Å²) in [6, 6.07) is 4.22. The Balaban J connectivity index is 2.23. The molecule has 1 amide bonds. The number of aliphatic hydroxyl groups excluding tert-OH is 1. The molecular formula is C14H18N2O4. The Morgan fingerprint density at radius 2 is 2.10 bits per heavy atom. The largest absolute Gasteiger partial charge is 0.391 e. The Hall–Kier alpha value is -1.95. The maximum Gasteiger partial charge on any atom is 0.282 e. The molecule has 6 nitrogen and oxygen atoms in total. The maximum atomic E-state index is 12.3. The second kappa shape index (κ2) is 6.00. The number of aliphatic hydroxyl groups is 1. The first kappa shape index (κ1) is 14.5. The molecule has 1 aliphatic carbocycles. The summed E-state index contributed by atoms with van der Waals surface area (Å²) in [6.07, 6.45) is 2.67. The molecule has 2 unspecified atom stereocenters. The molecule has 20 heavy (non-hydrogen) atoms. The first-order valence-corrected chi connectivity index (χ1v) is 6.73. The highest BCUT2D eigenvalue weighted by molar-refractivity contribution is 5.99. The lowest BCUT2D eigenvalue weighted by Crippen LogP contribution is -2.45. The molecule has 0 spiro atoms. The number of carbonyl (C=O) groups is 1. The zero-order valence-corrected chi connectivity index (χ0v) is 11.3. The van der Waals surface area contributed by atoms with Crippen molar-refractivity contribution in [1.82, 2.24) is 5.32 Å². The highest BCUT2D eigenvalue weighted by Gasteiger charge is 2.28. The summed E-state index contributed by atoms with van der Waals surface area (Å²) in [5.74, 6) is -0.485. The molecule has 0 saturated heterocycles. The number of nitrogens with zero attached hydrogens (tertiary/aromatic N) is 1. The molecule has 108 valence electrons. The molecule has 6 heteroatoms.